The average molecular weight is 263 g/mol. The summed E-state index contributed by atoms with van der Waals surface area (Å²) < 4.78 is 7.11. The van der Waals surface area contributed by atoms with Crippen LogP contribution in [0.15, 0.2) is 23.1 Å². The van der Waals surface area contributed by atoms with E-state index in [-0.39, 0.29) is 0 Å². The second kappa shape index (κ2) is 7.12. The molecule has 0 saturated carbocycles. The van der Waals surface area contributed by atoms with Crippen LogP contribution in [0.3, 0.4) is 0 Å². The molecule has 0 aliphatic rings. The van der Waals surface area contributed by atoms with Crippen LogP contribution in [0.2, 0.25) is 0 Å². The van der Waals surface area contributed by atoms with Gasteiger partial charge in [-0.25, -0.2) is 4.98 Å². The van der Waals surface area contributed by atoms with E-state index in [9.17, 15) is 0 Å². The van der Waals surface area contributed by atoms with Crippen LogP contribution in [0.25, 0.3) is 0 Å². The normalized spacial score (nSPS) is 10.7. The maximum absolute atomic E-state index is 5.07. The fourth-order valence-electron chi connectivity index (χ4n) is 1.69. The van der Waals surface area contributed by atoms with Crippen molar-refractivity contribution in [3.8, 4) is 0 Å². The van der Waals surface area contributed by atoms with Crippen molar-refractivity contribution in [1.82, 2.24) is 14.7 Å². The van der Waals surface area contributed by atoms with Gasteiger partial charge >= 0.3 is 0 Å². The smallest absolute Gasteiger partial charge is 0.139 e. The number of aryl methyl sites for hydroxylation is 2. The highest BCUT2D eigenvalue weighted by Gasteiger charge is 2.05. The molecule has 0 N–H and O–H groups in total. The van der Waals surface area contributed by atoms with Crippen molar-refractivity contribution in [2.75, 3.05) is 0 Å². The van der Waals surface area contributed by atoms with Crippen LogP contribution in [-0.4, -0.2) is 14.7 Å². The second-order valence-electron chi connectivity index (χ2n) is 5.31. The van der Waals surface area contributed by atoms with Crippen molar-refractivity contribution in [3.63, 3.8) is 0 Å². The van der Waals surface area contributed by atoms with Crippen LogP contribution < -0.4 is 0 Å². The third-order valence-corrected chi connectivity index (χ3v) is 2.95. The molecule has 106 valence electrons. The molecule has 0 unspecified atom stereocenters. The molecule has 0 aromatic carbocycles. The molecule has 0 aliphatic heterocycles. The maximum atomic E-state index is 5.07. The van der Waals surface area contributed by atoms with E-state index >= 15 is 0 Å². The summed E-state index contributed by atoms with van der Waals surface area (Å²) in [5.41, 5.74) is 2.33. The fourth-order valence-corrected chi connectivity index (χ4v) is 1.69. The lowest BCUT2D eigenvalue weighted by atomic mass is 10.1. The highest BCUT2D eigenvalue weighted by molar-refractivity contribution is 5.07. The van der Waals surface area contributed by atoms with Crippen molar-refractivity contribution >= 4 is 0 Å². The minimum atomic E-state index is 0.452. The van der Waals surface area contributed by atoms with Crippen molar-refractivity contribution in [2.24, 2.45) is 7.05 Å². The first-order chi connectivity index (χ1) is 8.95. The van der Waals surface area contributed by atoms with E-state index in [0.29, 0.717) is 11.8 Å². The molecule has 2 aromatic heterocycles. The van der Waals surface area contributed by atoms with E-state index < -0.39 is 0 Å². The third kappa shape index (κ3) is 4.54. The predicted octanol–water partition coefficient (Wildman–Crippen LogP) is 3.90. The van der Waals surface area contributed by atoms with E-state index in [1.807, 2.05) is 30.2 Å². The lowest BCUT2D eigenvalue weighted by Gasteiger charge is -2.03. The van der Waals surface area contributed by atoms with Crippen LogP contribution in [-0.2, 0) is 13.5 Å². The number of hydrogen-bond acceptors (Lipinski definition) is 3. The molecule has 0 atom stereocenters. The van der Waals surface area contributed by atoms with Crippen molar-refractivity contribution in [1.29, 1.82) is 0 Å². The molecule has 0 radical (unpaired) electrons. The molecule has 0 fully saturated rings. The minimum Gasteiger partial charge on any atom is -0.361 e. The molecule has 0 bridgehead atoms. The Kier molecular flexibility index (Phi) is 5.80. The van der Waals surface area contributed by atoms with Gasteiger partial charge in [0, 0.05) is 30.9 Å². The molecule has 4 heteroatoms. The Balaban J connectivity index is 0.000000191. The molecule has 0 amide bonds. The molecular formula is C15H25N3O. The van der Waals surface area contributed by atoms with Crippen LogP contribution >= 0.6 is 0 Å². The number of hydrogen-bond donors (Lipinski definition) is 0. The summed E-state index contributed by atoms with van der Waals surface area (Å²) in [5.74, 6) is 2.02. The molecule has 0 aliphatic carbocycles. The zero-order valence-electron chi connectivity index (χ0n) is 12.8. The fraction of sp³-hybridized carbons (Fsp3) is 0.600. The Morgan fingerprint density at radius 2 is 1.89 bits per heavy atom. The lowest BCUT2D eigenvalue weighted by molar-refractivity contribution is 0.366. The first kappa shape index (κ1) is 15.5. The zero-order valence-corrected chi connectivity index (χ0v) is 12.8. The van der Waals surface area contributed by atoms with Gasteiger partial charge in [0.25, 0.3) is 0 Å². The standard InChI is InChI=1S/C8H13NO.C7H12N2/c1-4-7-5-8(6(2)3)10-9-7;1-6(2)7-4-8-5-9(7)3/h5-6H,4H2,1-3H3;4-6H,1-3H3. The van der Waals surface area contributed by atoms with Gasteiger partial charge in [-0.1, -0.05) is 39.8 Å². The summed E-state index contributed by atoms with van der Waals surface area (Å²) in [6, 6.07) is 2.02. The predicted molar refractivity (Wildman–Crippen MR) is 77.3 cm³/mol. The average Bonchev–Trinajstić information content (AvgIpc) is 2.97. The third-order valence-electron chi connectivity index (χ3n) is 2.95. The lowest BCUT2D eigenvalue weighted by Crippen LogP contribution is -1.95. The molecule has 0 saturated heterocycles. The summed E-state index contributed by atoms with van der Waals surface area (Å²) in [6.07, 6.45) is 4.69. The van der Waals surface area contributed by atoms with Gasteiger partial charge in [0.1, 0.15) is 5.76 Å². The molecule has 2 rings (SSSR count). The molecule has 2 aromatic rings. The summed E-state index contributed by atoms with van der Waals surface area (Å²) in [7, 11) is 2.02. The van der Waals surface area contributed by atoms with Crippen molar-refractivity contribution in [3.05, 3.63) is 35.7 Å². The Morgan fingerprint density at radius 3 is 2.16 bits per heavy atom. The molecular weight excluding hydrogens is 238 g/mol. The SMILES string of the molecule is CC(C)c1cncn1C.CCc1cc(C(C)C)on1. The van der Waals surface area contributed by atoms with Gasteiger partial charge in [0.15, 0.2) is 0 Å². The van der Waals surface area contributed by atoms with E-state index in [0.717, 1.165) is 17.9 Å². The van der Waals surface area contributed by atoms with E-state index in [4.69, 9.17) is 4.52 Å². The Bertz CT molecular complexity index is 483. The van der Waals surface area contributed by atoms with Gasteiger partial charge in [-0.2, -0.15) is 0 Å². The molecule has 0 spiro atoms. The molecule has 4 nitrogen and oxygen atoms in total. The Labute approximate surface area is 115 Å². The second-order valence-corrected chi connectivity index (χ2v) is 5.31. The highest BCUT2D eigenvalue weighted by atomic mass is 16.5. The van der Waals surface area contributed by atoms with Crippen molar-refractivity contribution in [2.45, 2.75) is 52.9 Å². The van der Waals surface area contributed by atoms with Crippen molar-refractivity contribution < 1.29 is 4.52 Å². The van der Waals surface area contributed by atoms with Crippen LogP contribution in [0, 0.1) is 0 Å². The van der Waals surface area contributed by atoms with Crippen LogP contribution in [0.5, 0.6) is 0 Å². The van der Waals surface area contributed by atoms with Gasteiger partial charge in [0.2, 0.25) is 0 Å². The van der Waals surface area contributed by atoms with Crippen LogP contribution in [0.1, 0.15) is 63.6 Å². The monoisotopic (exact) mass is 263 g/mol. The van der Waals surface area contributed by atoms with E-state index in [1.165, 1.54) is 5.69 Å². The highest BCUT2D eigenvalue weighted by Crippen LogP contribution is 2.14. The topological polar surface area (TPSA) is 43.9 Å². The number of rotatable bonds is 3. The first-order valence-electron chi connectivity index (χ1n) is 6.87. The maximum Gasteiger partial charge on any atom is 0.139 e. The van der Waals surface area contributed by atoms with Crippen LogP contribution in [0.4, 0.5) is 0 Å². The quantitative estimate of drug-likeness (QED) is 0.843. The van der Waals surface area contributed by atoms with Gasteiger partial charge in [-0.05, 0) is 12.3 Å². The Morgan fingerprint density at radius 1 is 1.21 bits per heavy atom. The molecule has 2 heterocycles. The summed E-state index contributed by atoms with van der Waals surface area (Å²) in [4.78, 5) is 4.01. The largest absolute Gasteiger partial charge is 0.361 e. The van der Waals surface area contributed by atoms with E-state index in [1.54, 1.807) is 0 Å². The van der Waals surface area contributed by atoms with Gasteiger partial charge in [-0.3, -0.25) is 0 Å². The number of aromatic nitrogens is 3. The first-order valence-corrected chi connectivity index (χ1v) is 6.87. The summed E-state index contributed by atoms with van der Waals surface area (Å²) in [5, 5.41) is 3.88. The van der Waals surface area contributed by atoms with E-state index in [2.05, 4.69) is 44.8 Å². The van der Waals surface area contributed by atoms with Gasteiger partial charge in [-0.15, -0.1) is 0 Å². The summed E-state index contributed by atoms with van der Waals surface area (Å²) >= 11 is 0. The minimum absolute atomic E-state index is 0.452. The summed E-state index contributed by atoms with van der Waals surface area (Å²) in [6.45, 7) is 10.6. The Hall–Kier alpha value is -1.58. The zero-order chi connectivity index (χ0) is 14.4. The number of imidazole rings is 1. The van der Waals surface area contributed by atoms with Gasteiger partial charge in [0.05, 0.1) is 12.0 Å². The number of nitrogens with zero attached hydrogens (tertiary/aromatic N) is 3. The molecule has 19 heavy (non-hydrogen) atoms. The van der Waals surface area contributed by atoms with Gasteiger partial charge < -0.3 is 9.09 Å².